The molecule has 0 spiro atoms. The summed E-state index contributed by atoms with van der Waals surface area (Å²) in [5, 5.41) is 11.4. The molecule has 1 amide bonds. The first-order chi connectivity index (χ1) is 10.0. The van der Waals surface area contributed by atoms with E-state index in [-0.39, 0.29) is 18.2 Å². The third-order valence-electron chi connectivity index (χ3n) is 2.70. The van der Waals surface area contributed by atoms with Crippen molar-refractivity contribution in [2.24, 2.45) is 0 Å². The van der Waals surface area contributed by atoms with Crippen molar-refractivity contribution in [1.29, 1.82) is 0 Å². The summed E-state index contributed by atoms with van der Waals surface area (Å²) in [6.45, 7) is 0.0886. The maximum atomic E-state index is 12.1. The Morgan fingerprint density at radius 1 is 1.33 bits per heavy atom. The second kappa shape index (κ2) is 6.45. The topological polar surface area (TPSA) is 88.8 Å². The number of hydrogen-bond acceptors (Lipinski definition) is 4. The fraction of sp³-hybridized carbons (Fsp3) is 0.143. The van der Waals surface area contributed by atoms with Gasteiger partial charge in [0.15, 0.2) is 0 Å². The maximum absolute atomic E-state index is 12.1. The Balaban J connectivity index is 2.06. The number of rotatable bonds is 5. The van der Waals surface area contributed by atoms with Crippen molar-refractivity contribution in [3.8, 4) is 5.75 Å². The average Bonchev–Trinajstić information content (AvgIpc) is 2.93. The van der Waals surface area contributed by atoms with Gasteiger partial charge in [-0.25, -0.2) is 4.79 Å². The monoisotopic (exact) mass is 353 g/mol. The van der Waals surface area contributed by atoms with Crippen molar-refractivity contribution in [2.45, 2.75) is 6.54 Å². The molecule has 21 heavy (non-hydrogen) atoms. The van der Waals surface area contributed by atoms with Gasteiger partial charge in [0.1, 0.15) is 11.5 Å². The van der Waals surface area contributed by atoms with Crippen LogP contribution >= 0.6 is 15.9 Å². The van der Waals surface area contributed by atoms with E-state index in [1.54, 1.807) is 18.2 Å². The number of methoxy groups -OCH3 is 1. The highest BCUT2D eigenvalue weighted by Gasteiger charge is 2.14. The molecule has 1 aromatic carbocycles. The molecule has 1 aromatic heterocycles. The van der Waals surface area contributed by atoms with E-state index in [0.29, 0.717) is 17.1 Å². The van der Waals surface area contributed by atoms with Crippen molar-refractivity contribution in [3.63, 3.8) is 0 Å². The minimum absolute atomic E-state index is 0.0886. The molecule has 0 aliphatic carbocycles. The lowest BCUT2D eigenvalue weighted by atomic mass is 10.2. The predicted molar refractivity (Wildman–Crippen MR) is 77.5 cm³/mol. The van der Waals surface area contributed by atoms with Crippen molar-refractivity contribution < 1.29 is 23.8 Å². The lowest BCUT2D eigenvalue weighted by molar-refractivity contribution is 0.0660. The number of nitrogens with one attached hydrogen (secondary N) is 1. The van der Waals surface area contributed by atoms with Gasteiger partial charge < -0.3 is 19.6 Å². The van der Waals surface area contributed by atoms with Crippen LogP contribution in [0.1, 0.15) is 26.7 Å². The predicted octanol–water partition coefficient (Wildman–Crippen LogP) is 2.68. The van der Waals surface area contributed by atoms with Gasteiger partial charge in [-0.15, -0.1) is 0 Å². The first kappa shape index (κ1) is 15.1. The Morgan fingerprint density at radius 3 is 2.71 bits per heavy atom. The van der Waals surface area contributed by atoms with E-state index in [4.69, 9.17) is 14.3 Å². The average molecular weight is 354 g/mol. The normalized spacial score (nSPS) is 10.2. The number of halogens is 1. The Morgan fingerprint density at radius 2 is 2.10 bits per heavy atom. The van der Waals surface area contributed by atoms with E-state index >= 15 is 0 Å². The molecule has 0 saturated carbocycles. The van der Waals surface area contributed by atoms with Crippen molar-refractivity contribution in [1.82, 2.24) is 5.32 Å². The molecule has 0 saturated heterocycles. The standard InChI is InChI=1S/C14H12BrNO5/c1-20-12-6-8(15)2-4-10(12)13(17)16-7-9-3-5-11(21-9)14(18)19/h2-6H,7H2,1H3,(H,16,17)(H,18,19). The maximum Gasteiger partial charge on any atom is 0.371 e. The summed E-state index contributed by atoms with van der Waals surface area (Å²) in [5.41, 5.74) is 0.380. The Kier molecular flexibility index (Phi) is 4.64. The van der Waals surface area contributed by atoms with Gasteiger partial charge >= 0.3 is 5.97 Å². The van der Waals surface area contributed by atoms with Crippen LogP contribution in [0.25, 0.3) is 0 Å². The van der Waals surface area contributed by atoms with Crippen LogP contribution in [0.4, 0.5) is 0 Å². The fourth-order valence-electron chi connectivity index (χ4n) is 1.70. The summed E-state index contributed by atoms with van der Waals surface area (Å²) in [7, 11) is 1.48. The summed E-state index contributed by atoms with van der Waals surface area (Å²) in [6, 6.07) is 7.88. The number of carboxylic acids is 1. The SMILES string of the molecule is COc1cc(Br)ccc1C(=O)NCc1ccc(C(=O)O)o1. The minimum Gasteiger partial charge on any atom is -0.496 e. The summed E-state index contributed by atoms with van der Waals surface area (Å²) >= 11 is 3.30. The van der Waals surface area contributed by atoms with Crippen molar-refractivity contribution in [2.75, 3.05) is 7.11 Å². The molecule has 2 rings (SSSR count). The summed E-state index contributed by atoms with van der Waals surface area (Å²) in [4.78, 5) is 22.8. The van der Waals surface area contributed by atoms with Crippen LogP contribution in [0, 0.1) is 0 Å². The minimum atomic E-state index is -1.15. The number of carboxylic acid groups (broad SMARTS) is 1. The third-order valence-corrected chi connectivity index (χ3v) is 3.20. The zero-order valence-electron chi connectivity index (χ0n) is 11.1. The van der Waals surface area contributed by atoms with Gasteiger partial charge in [0.25, 0.3) is 5.91 Å². The van der Waals surface area contributed by atoms with Gasteiger partial charge in [-0.3, -0.25) is 4.79 Å². The summed E-state index contributed by atoms with van der Waals surface area (Å²) in [5.74, 6) is -0.861. The number of ether oxygens (including phenoxy) is 1. The van der Waals surface area contributed by atoms with Gasteiger partial charge in [0, 0.05) is 4.47 Å². The van der Waals surface area contributed by atoms with E-state index in [1.165, 1.54) is 19.2 Å². The zero-order chi connectivity index (χ0) is 15.4. The van der Waals surface area contributed by atoms with Gasteiger partial charge in [0.2, 0.25) is 5.76 Å². The molecular weight excluding hydrogens is 342 g/mol. The zero-order valence-corrected chi connectivity index (χ0v) is 12.6. The lowest BCUT2D eigenvalue weighted by Crippen LogP contribution is -2.23. The van der Waals surface area contributed by atoms with Crippen LogP contribution in [-0.2, 0) is 6.54 Å². The summed E-state index contributed by atoms with van der Waals surface area (Å²) < 4.78 is 11.0. The molecule has 7 heteroatoms. The second-order valence-corrected chi connectivity index (χ2v) is 5.01. The number of hydrogen-bond donors (Lipinski definition) is 2. The number of amides is 1. The van der Waals surface area contributed by atoms with Gasteiger partial charge in [-0.05, 0) is 30.3 Å². The third kappa shape index (κ3) is 3.63. The number of carbonyl (C=O) groups excluding carboxylic acids is 1. The molecule has 2 N–H and O–H groups in total. The first-order valence-corrected chi connectivity index (χ1v) is 6.74. The van der Waals surface area contributed by atoms with E-state index in [0.717, 1.165) is 4.47 Å². The molecule has 1 heterocycles. The number of furan rings is 1. The Hall–Kier alpha value is -2.28. The molecule has 0 aliphatic heterocycles. The number of aromatic carboxylic acids is 1. The summed E-state index contributed by atoms with van der Waals surface area (Å²) in [6.07, 6.45) is 0. The van der Waals surface area contributed by atoms with Crippen molar-refractivity contribution in [3.05, 3.63) is 51.9 Å². The van der Waals surface area contributed by atoms with Crippen LogP contribution in [-0.4, -0.2) is 24.1 Å². The molecule has 0 atom stereocenters. The molecule has 0 bridgehead atoms. The molecular formula is C14H12BrNO5. The first-order valence-electron chi connectivity index (χ1n) is 5.95. The van der Waals surface area contributed by atoms with Crippen LogP contribution in [0.5, 0.6) is 5.75 Å². The van der Waals surface area contributed by atoms with Gasteiger partial charge in [0.05, 0.1) is 19.2 Å². The molecule has 0 fully saturated rings. The lowest BCUT2D eigenvalue weighted by Gasteiger charge is -2.09. The van der Waals surface area contributed by atoms with Crippen LogP contribution in [0.15, 0.2) is 39.2 Å². The number of carbonyl (C=O) groups is 2. The highest BCUT2D eigenvalue weighted by molar-refractivity contribution is 9.10. The molecule has 0 radical (unpaired) electrons. The largest absolute Gasteiger partial charge is 0.496 e. The molecule has 2 aromatic rings. The smallest absolute Gasteiger partial charge is 0.371 e. The Labute approximate surface area is 128 Å². The van der Waals surface area contributed by atoms with Crippen LogP contribution in [0.2, 0.25) is 0 Å². The van der Waals surface area contributed by atoms with Gasteiger partial charge in [-0.2, -0.15) is 0 Å². The fourth-order valence-corrected chi connectivity index (χ4v) is 2.04. The quantitative estimate of drug-likeness (QED) is 0.862. The highest BCUT2D eigenvalue weighted by atomic mass is 79.9. The second-order valence-electron chi connectivity index (χ2n) is 4.10. The van der Waals surface area contributed by atoms with E-state index in [9.17, 15) is 9.59 Å². The molecule has 0 aliphatic rings. The molecule has 0 unspecified atom stereocenters. The Bertz CT molecular complexity index is 680. The molecule has 6 nitrogen and oxygen atoms in total. The molecule has 110 valence electrons. The van der Waals surface area contributed by atoms with E-state index in [2.05, 4.69) is 21.2 Å². The van der Waals surface area contributed by atoms with E-state index in [1.807, 2.05) is 0 Å². The van der Waals surface area contributed by atoms with Crippen LogP contribution < -0.4 is 10.1 Å². The van der Waals surface area contributed by atoms with Gasteiger partial charge in [-0.1, -0.05) is 15.9 Å². The number of benzene rings is 1. The van der Waals surface area contributed by atoms with E-state index < -0.39 is 5.97 Å². The van der Waals surface area contributed by atoms with Crippen LogP contribution in [0.3, 0.4) is 0 Å². The van der Waals surface area contributed by atoms with Crippen molar-refractivity contribution >= 4 is 27.8 Å². The highest BCUT2D eigenvalue weighted by Crippen LogP contribution is 2.23.